The maximum Gasteiger partial charge on any atom is 0.250 e. The van der Waals surface area contributed by atoms with Crippen molar-refractivity contribution >= 4 is 34.6 Å². The van der Waals surface area contributed by atoms with Crippen molar-refractivity contribution in [3.05, 3.63) is 79.0 Å². The standard InChI is InChI=1S/C22H20ClN3O2S/c1-11-12(2)29-22-16-10-26(3)19(28)8-15(16)17(9-18(24)27)25-21(20(11)22)13-4-6-14(23)7-5-13/h4-8,10,17H,9H2,1-3H3,(H2,24,27)/t17-/m1/s1. The van der Waals surface area contributed by atoms with E-state index in [-0.39, 0.29) is 12.0 Å². The van der Waals surface area contributed by atoms with Crippen LogP contribution < -0.4 is 11.3 Å². The maximum absolute atomic E-state index is 12.4. The number of nitrogens with zero attached hydrogens (tertiary/aromatic N) is 2. The van der Waals surface area contributed by atoms with Crippen molar-refractivity contribution < 1.29 is 4.79 Å². The molecule has 2 N–H and O–H groups in total. The molecule has 7 heteroatoms. The molecule has 0 fully saturated rings. The molecule has 0 spiro atoms. The highest BCUT2D eigenvalue weighted by Crippen LogP contribution is 2.44. The lowest BCUT2D eigenvalue weighted by molar-refractivity contribution is -0.118. The van der Waals surface area contributed by atoms with Crippen molar-refractivity contribution in [2.45, 2.75) is 26.3 Å². The molecule has 2 aromatic heterocycles. The highest BCUT2D eigenvalue weighted by atomic mass is 35.5. The minimum Gasteiger partial charge on any atom is -0.370 e. The van der Waals surface area contributed by atoms with Crippen molar-refractivity contribution in [1.29, 1.82) is 0 Å². The zero-order valence-electron chi connectivity index (χ0n) is 16.3. The Morgan fingerprint density at radius 1 is 1.28 bits per heavy atom. The van der Waals surface area contributed by atoms with Crippen molar-refractivity contribution in [3.63, 3.8) is 0 Å². The first-order valence-corrected chi connectivity index (χ1v) is 10.4. The van der Waals surface area contributed by atoms with Crippen LogP contribution in [0, 0.1) is 13.8 Å². The lowest BCUT2D eigenvalue weighted by Gasteiger charge is -2.15. The van der Waals surface area contributed by atoms with Gasteiger partial charge < -0.3 is 10.3 Å². The van der Waals surface area contributed by atoms with Crippen LogP contribution >= 0.6 is 22.9 Å². The van der Waals surface area contributed by atoms with Crippen molar-refractivity contribution in [1.82, 2.24) is 4.57 Å². The molecule has 0 saturated heterocycles. The number of halogens is 1. The molecule has 4 rings (SSSR count). The molecule has 1 atom stereocenters. The van der Waals surface area contributed by atoms with Gasteiger partial charge in [-0.05, 0) is 37.1 Å². The maximum atomic E-state index is 12.4. The van der Waals surface area contributed by atoms with Crippen LogP contribution in [0.5, 0.6) is 0 Å². The number of fused-ring (bicyclic) bond motifs is 3. The zero-order valence-corrected chi connectivity index (χ0v) is 17.9. The van der Waals surface area contributed by atoms with Gasteiger partial charge in [0.25, 0.3) is 5.56 Å². The normalized spacial score (nSPS) is 15.3. The van der Waals surface area contributed by atoms with Crippen LogP contribution in [-0.4, -0.2) is 16.2 Å². The van der Waals surface area contributed by atoms with Crippen molar-refractivity contribution in [2.75, 3.05) is 0 Å². The van der Waals surface area contributed by atoms with Gasteiger partial charge in [0.2, 0.25) is 5.91 Å². The Morgan fingerprint density at radius 2 is 1.97 bits per heavy atom. The molecule has 0 unspecified atom stereocenters. The molecule has 29 heavy (non-hydrogen) atoms. The summed E-state index contributed by atoms with van der Waals surface area (Å²) in [7, 11) is 1.73. The number of carbonyl (C=O) groups excluding carboxylic acids is 1. The number of aromatic nitrogens is 1. The van der Waals surface area contributed by atoms with Gasteiger partial charge in [0.1, 0.15) is 0 Å². The van der Waals surface area contributed by atoms with Gasteiger partial charge in [0.15, 0.2) is 0 Å². The van der Waals surface area contributed by atoms with E-state index >= 15 is 0 Å². The molecule has 1 aromatic carbocycles. The van der Waals surface area contributed by atoms with Crippen LogP contribution in [0.3, 0.4) is 0 Å². The summed E-state index contributed by atoms with van der Waals surface area (Å²) in [5.74, 6) is -0.459. The number of nitrogens with two attached hydrogens (primary N) is 1. The first-order valence-electron chi connectivity index (χ1n) is 9.19. The number of hydrogen-bond acceptors (Lipinski definition) is 4. The van der Waals surface area contributed by atoms with Gasteiger partial charge in [0, 0.05) is 50.8 Å². The Morgan fingerprint density at radius 3 is 2.62 bits per heavy atom. The quantitative estimate of drug-likeness (QED) is 0.684. The number of pyridine rings is 1. The van der Waals surface area contributed by atoms with Crippen LogP contribution in [0.4, 0.5) is 0 Å². The first kappa shape index (κ1) is 19.6. The van der Waals surface area contributed by atoms with Gasteiger partial charge in [0.05, 0.1) is 18.2 Å². The van der Waals surface area contributed by atoms with Crippen LogP contribution in [0.15, 0.2) is 46.3 Å². The Balaban J connectivity index is 2.08. The molecule has 1 aliphatic rings. The highest BCUT2D eigenvalue weighted by Gasteiger charge is 2.30. The second-order valence-corrected chi connectivity index (χ2v) is 8.91. The zero-order chi connectivity index (χ0) is 20.9. The third kappa shape index (κ3) is 3.43. The van der Waals surface area contributed by atoms with Crippen LogP contribution in [0.2, 0.25) is 5.02 Å². The molecule has 0 radical (unpaired) electrons. The predicted molar refractivity (Wildman–Crippen MR) is 118 cm³/mol. The lowest BCUT2D eigenvalue weighted by atomic mass is 9.95. The number of primary amides is 1. The molecule has 0 aliphatic carbocycles. The van der Waals surface area contributed by atoms with Crippen LogP contribution in [0.1, 0.15) is 39.6 Å². The van der Waals surface area contributed by atoms with E-state index < -0.39 is 11.9 Å². The molecule has 1 amide bonds. The van der Waals surface area contributed by atoms with E-state index in [2.05, 4.69) is 13.8 Å². The number of amides is 1. The highest BCUT2D eigenvalue weighted by molar-refractivity contribution is 7.16. The second kappa shape index (κ2) is 7.28. The Labute approximate surface area is 177 Å². The molecule has 1 aliphatic heterocycles. The monoisotopic (exact) mass is 425 g/mol. The average Bonchev–Trinajstić information content (AvgIpc) is 2.89. The van der Waals surface area contributed by atoms with E-state index in [0.717, 1.165) is 38.4 Å². The Bertz CT molecular complexity index is 1220. The largest absolute Gasteiger partial charge is 0.370 e. The molecular formula is C22H20ClN3O2S. The summed E-state index contributed by atoms with van der Waals surface area (Å²) in [5, 5.41) is 0.640. The van der Waals surface area contributed by atoms with E-state index in [1.54, 1.807) is 29.0 Å². The summed E-state index contributed by atoms with van der Waals surface area (Å²) in [6.45, 7) is 4.16. The van der Waals surface area contributed by atoms with Crippen LogP contribution in [0.25, 0.3) is 10.4 Å². The minimum atomic E-state index is -0.526. The van der Waals surface area contributed by atoms with Crippen molar-refractivity contribution in [2.24, 2.45) is 17.8 Å². The number of benzene rings is 1. The summed E-state index contributed by atoms with van der Waals surface area (Å²) in [5.41, 5.74) is 10.9. The SMILES string of the molecule is Cc1sc2c(c1C)C(c1ccc(Cl)cc1)=N[C@H](CC(N)=O)c1cc(=O)n(C)cc1-2. The van der Waals surface area contributed by atoms with Gasteiger partial charge in [-0.15, -0.1) is 11.3 Å². The fourth-order valence-corrected chi connectivity index (χ4v) is 4.99. The van der Waals surface area contributed by atoms with Gasteiger partial charge in [-0.2, -0.15) is 0 Å². The molecule has 0 saturated carbocycles. The fourth-order valence-electron chi connectivity index (χ4n) is 3.67. The first-order chi connectivity index (χ1) is 13.8. The molecule has 148 valence electrons. The number of aliphatic imine (C=N–C) groups is 1. The second-order valence-electron chi connectivity index (χ2n) is 7.25. The average molecular weight is 426 g/mol. The van der Waals surface area contributed by atoms with Gasteiger partial charge >= 0.3 is 0 Å². The smallest absolute Gasteiger partial charge is 0.250 e. The number of carbonyl (C=O) groups is 1. The molecular weight excluding hydrogens is 406 g/mol. The number of rotatable bonds is 3. The van der Waals surface area contributed by atoms with Crippen LogP contribution in [-0.2, 0) is 11.8 Å². The summed E-state index contributed by atoms with van der Waals surface area (Å²) < 4.78 is 1.56. The molecule has 3 heterocycles. The molecule has 5 nitrogen and oxygen atoms in total. The van der Waals surface area contributed by atoms with Gasteiger partial charge in [-0.25, -0.2) is 0 Å². The minimum absolute atomic E-state index is 0.0320. The van der Waals surface area contributed by atoms with Crippen molar-refractivity contribution in [3.8, 4) is 10.4 Å². The number of hydrogen-bond donors (Lipinski definition) is 1. The number of thiophene rings is 1. The third-order valence-corrected chi connectivity index (χ3v) is 6.78. The van der Waals surface area contributed by atoms with Gasteiger partial charge in [-0.1, -0.05) is 23.7 Å². The van der Waals surface area contributed by atoms with E-state index in [4.69, 9.17) is 22.3 Å². The summed E-state index contributed by atoms with van der Waals surface area (Å²) in [6.07, 6.45) is 1.87. The van der Waals surface area contributed by atoms with E-state index in [1.807, 2.05) is 30.5 Å². The molecule has 0 bridgehead atoms. The Hall–Kier alpha value is -2.70. The van der Waals surface area contributed by atoms with E-state index in [0.29, 0.717) is 5.02 Å². The fraction of sp³-hybridized carbons (Fsp3) is 0.227. The third-order valence-electron chi connectivity index (χ3n) is 5.28. The lowest BCUT2D eigenvalue weighted by Crippen LogP contribution is -2.20. The van der Waals surface area contributed by atoms with E-state index in [1.165, 1.54) is 4.88 Å². The van der Waals surface area contributed by atoms with E-state index in [9.17, 15) is 9.59 Å². The summed E-state index contributed by atoms with van der Waals surface area (Å²) >= 11 is 7.76. The summed E-state index contributed by atoms with van der Waals surface area (Å²) in [6, 6.07) is 8.54. The topological polar surface area (TPSA) is 77.4 Å². The summed E-state index contributed by atoms with van der Waals surface area (Å²) in [4.78, 5) is 31.4. The predicted octanol–water partition coefficient (Wildman–Crippen LogP) is 4.15. The Kier molecular flexibility index (Phi) is 4.92. The van der Waals surface area contributed by atoms with Gasteiger partial charge in [-0.3, -0.25) is 14.6 Å². The number of aryl methyl sites for hydroxylation is 2. The molecule has 3 aromatic rings.